The fourth-order valence-corrected chi connectivity index (χ4v) is 1.76. The summed E-state index contributed by atoms with van der Waals surface area (Å²) in [6.45, 7) is 0.874. The van der Waals surface area contributed by atoms with Crippen LogP contribution in [0, 0.1) is 0 Å². The second kappa shape index (κ2) is 8.86. The van der Waals surface area contributed by atoms with Crippen LogP contribution in [0.3, 0.4) is 0 Å². The zero-order valence-electron chi connectivity index (χ0n) is 10.8. The maximum atomic E-state index is 12.2. The van der Waals surface area contributed by atoms with Crippen molar-refractivity contribution in [3.63, 3.8) is 0 Å². The minimum atomic E-state index is -2.77. The van der Waals surface area contributed by atoms with Crippen molar-refractivity contribution in [2.45, 2.75) is 45.8 Å². The van der Waals surface area contributed by atoms with Crippen LogP contribution in [0.15, 0.2) is 24.3 Å². The lowest BCUT2D eigenvalue weighted by Gasteiger charge is -2.11. The number of benzene rings is 1. The molecule has 0 aliphatic heterocycles. The summed E-state index contributed by atoms with van der Waals surface area (Å²) < 4.78 is 28.8. The Labute approximate surface area is 107 Å². The number of para-hydroxylation sites is 1. The first-order chi connectivity index (χ1) is 8.74. The number of hydrogen-bond donors (Lipinski definition) is 1. The fraction of sp³-hybridized carbons (Fsp3) is 0.571. The minimum absolute atomic E-state index is 0.258. The van der Waals surface area contributed by atoms with Crippen LogP contribution in [-0.2, 0) is 6.54 Å². The van der Waals surface area contributed by atoms with Crippen LogP contribution in [-0.4, -0.2) is 13.2 Å². The summed E-state index contributed by atoms with van der Waals surface area (Å²) in [5.41, 5.74) is 0.772. The third-order valence-electron chi connectivity index (χ3n) is 2.71. The van der Waals surface area contributed by atoms with Gasteiger partial charge >= 0.3 is 6.61 Å². The highest BCUT2D eigenvalue weighted by Crippen LogP contribution is 2.19. The summed E-state index contributed by atoms with van der Waals surface area (Å²) in [7, 11) is 0. The first-order valence-corrected chi connectivity index (χ1v) is 6.47. The van der Waals surface area contributed by atoms with Crippen molar-refractivity contribution < 1.29 is 13.5 Å². The van der Waals surface area contributed by atoms with Crippen LogP contribution in [0.4, 0.5) is 8.78 Å². The molecule has 0 spiro atoms. The molecule has 0 aromatic heterocycles. The van der Waals surface area contributed by atoms with E-state index in [0.29, 0.717) is 6.54 Å². The number of rotatable bonds is 9. The molecule has 0 unspecified atom stereocenters. The van der Waals surface area contributed by atoms with Gasteiger partial charge in [0.2, 0.25) is 0 Å². The van der Waals surface area contributed by atoms with E-state index in [-0.39, 0.29) is 5.75 Å². The Hall–Kier alpha value is -1.16. The second-order valence-electron chi connectivity index (χ2n) is 4.22. The third-order valence-corrected chi connectivity index (χ3v) is 2.71. The molecule has 1 rings (SSSR count). The molecule has 0 amide bonds. The van der Waals surface area contributed by atoms with Gasteiger partial charge in [-0.15, -0.1) is 0 Å². The number of unbranched alkanes of at least 4 members (excludes halogenated alkanes) is 3. The maximum Gasteiger partial charge on any atom is 0.387 e. The predicted octanol–water partition coefficient (Wildman–Crippen LogP) is 3.96. The van der Waals surface area contributed by atoms with Gasteiger partial charge in [-0.25, -0.2) is 0 Å². The molecule has 0 heterocycles. The largest absolute Gasteiger partial charge is 0.434 e. The second-order valence-corrected chi connectivity index (χ2v) is 4.22. The summed E-state index contributed by atoms with van der Waals surface area (Å²) in [5, 5.41) is 3.25. The highest BCUT2D eigenvalue weighted by molar-refractivity contribution is 5.33. The number of nitrogens with one attached hydrogen (secondary N) is 1. The van der Waals surface area contributed by atoms with Crippen molar-refractivity contribution >= 4 is 0 Å². The van der Waals surface area contributed by atoms with E-state index >= 15 is 0 Å². The van der Waals surface area contributed by atoms with Gasteiger partial charge in [0.05, 0.1) is 0 Å². The average molecular weight is 257 g/mol. The van der Waals surface area contributed by atoms with Crippen LogP contribution in [0.5, 0.6) is 5.75 Å². The van der Waals surface area contributed by atoms with Crippen LogP contribution in [0.1, 0.15) is 38.2 Å². The maximum absolute atomic E-state index is 12.2. The van der Waals surface area contributed by atoms with Gasteiger partial charge in [0, 0.05) is 12.1 Å². The van der Waals surface area contributed by atoms with E-state index < -0.39 is 6.61 Å². The van der Waals surface area contributed by atoms with Crippen molar-refractivity contribution in [2.75, 3.05) is 6.54 Å². The fourth-order valence-electron chi connectivity index (χ4n) is 1.76. The van der Waals surface area contributed by atoms with E-state index in [1.54, 1.807) is 18.2 Å². The Balaban J connectivity index is 2.32. The quantitative estimate of drug-likeness (QED) is 0.676. The Kier molecular flexibility index (Phi) is 7.34. The van der Waals surface area contributed by atoms with Gasteiger partial charge in [0.15, 0.2) is 0 Å². The van der Waals surface area contributed by atoms with Crippen molar-refractivity contribution in [2.24, 2.45) is 0 Å². The van der Waals surface area contributed by atoms with Crippen molar-refractivity contribution in [1.82, 2.24) is 5.32 Å². The molecule has 0 bridgehead atoms. The molecule has 0 fully saturated rings. The molecular formula is C14H21F2NO. The zero-order valence-corrected chi connectivity index (χ0v) is 10.8. The highest BCUT2D eigenvalue weighted by Gasteiger charge is 2.08. The first-order valence-electron chi connectivity index (χ1n) is 6.47. The molecule has 1 N–H and O–H groups in total. The molecule has 1 aromatic carbocycles. The van der Waals surface area contributed by atoms with E-state index in [9.17, 15) is 8.78 Å². The molecule has 0 saturated heterocycles. The van der Waals surface area contributed by atoms with Gasteiger partial charge in [0.1, 0.15) is 5.75 Å². The minimum Gasteiger partial charge on any atom is -0.434 e. The molecule has 1 aromatic rings. The van der Waals surface area contributed by atoms with Gasteiger partial charge in [-0.1, -0.05) is 44.4 Å². The average Bonchev–Trinajstić information content (AvgIpc) is 2.35. The molecule has 0 radical (unpaired) electrons. The summed E-state index contributed by atoms with van der Waals surface area (Å²) in [5.74, 6) is 0.258. The van der Waals surface area contributed by atoms with Crippen molar-refractivity contribution in [3.8, 4) is 5.75 Å². The van der Waals surface area contributed by atoms with Crippen LogP contribution in [0.25, 0.3) is 0 Å². The smallest absolute Gasteiger partial charge is 0.387 e. The van der Waals surface area contributed by atoms with Gasteiger partial charge in [-0.2, -0.15) is 8.78 Å². The topological polar surface area (TPSA) is 21.3 Å². The van der Waals surface area contributed by atoms with E-state index in [0.717, 1.165) is 18.5 Å². The van der Waals surface area contributed by atoms with Gasteiger partial charge in [-0.05, 0) is 19.0 Å². The molecule has 102 valence electrons. The predicted molar refractivity (Wildman–Crippen MR) is 68.9 cm³/mol. The summed E-state index contributed by atoms with van der Waals surface area (Å²) in [4.78, 5) is 0. The Morgan fingerprint density at radius 3 is 2.67 bits per heavy atom. The summed E-state index contributed by atoms with van der Waals surface area (Å²) >= 11 is 0. The number of alkyl halides is 2. The van der Waals surface area contributed by atoms with Gasteiger partial charge in [0.25, 0.3) is 0 Å². The van der Waals surface area contributed by atoms with Crippen LogP contribution < -0.4 is 10.1 Å². The Morgan fingerprint density at radius 2 is 1.94 bits per heavy atom. The highest BCUT2D eigenvalue weighted by atomic mass is 19.3. The van der Waals surface area contributed by atoms with Crippen molar-refractivity contribution in [1.29, 1.82) is 0 Å². The molecule has 0 atom stereocenters. The van der Waals surface area contributed by atoms with E-state index in [1.807, 2.05) is 6.07 Å². The van der Waals surface area contributed by atoms with Crippen LogP contribution >= 0.6 is 0 Å². The lowest BCUT2D eigenvalue weighted by Crippen LogP contribution is -2.16. The molecule has 2 nitrogen and oxygen atoms in total. The zero-order chi connectivity index (χ0) is 13.2. The standard InChI is InChI=1S/C14H21F2NO/c1-2-3-4-7-10-17-11-12-8-5-6-9-13(12)18-14(15)16/h5-6,8-9,14,17H,2-4,7,10-11H2,1H3. The first kappa shape index (κ1) is 14.9. The summed E-state index contributed by atoms with van der Waals surface area (Å²) in [6.07, 6.45) is 4.78. The molecular weight excluding hydrogens is 236 g/mol. The number of halogens is 2. The lowest BCUT2D eigenvalue weighted by molar-refractivity contribution is -0.0504. The Bertz CT molecular complexity index is 331. The van der Waals surface area contributed by atoms with E-state index in [1.165, 1.54) is 19.3 Å². The molecule has 0 saturated carbocycles. The lowest BCUT2D eigenvalue weighted by atomic mass is 10.2. The number of hydrogen-bond acceptors (Lipinski definition) is 2. The van der Waals surface area contributed by atoms with Gasteiger partial charge in [-0.3, -0.25) is 0 Å². The Morgan fingerprint density at radius 1 is 1.17 bits per heavy atom. The normalized spacial score (nSPS) is 10.9. The third kappa shape index (κ3) is 5.96. The van der Waals surface area contributed by atoms with E-state index in [2.05, 4.69) is 17.0 Å². The molecule has 18 heavy (non-hydrogen) atoms. The van der Waals surface area contributed by atoms with Crippen molar-refractivity contribution in [3.05, 3.63) is 29.8 Å². The summed E-state index contributed by atoms with van der Waals surface area (Å²) in [6, 6.07) is 6.89. The number of ether oxygens (including phenoxy) is 1. The van der Waals surface area contributed by atoms with Crippen LogP contribution in [0.2, 0.25) is 0 Å². The molecule has 0 aliphatic carbocycles. The molecule has 4 heteroatoms. The van der Waals surface area contributed by atoms with Gasteiger partial charge < -0.3 is 10.1 Å². The van der Waals surface area contributed by atoms with E-state index in [4.69, 9.17) is 0 Å². The molecule has 0 aliphatic rings. The SMILES string of the molecule is CCCCCCNCc1ccccc1OC(F)F. The monoisotopic (exact) mass is 257 g/mol.